The molecular formula is C21H23N5O. The van der Waals surface area contributed by atoms with E-state index in [9.17, 15) is 4.79 Å². The van der Waals surface area contributed by atoms with Crippen molar-refractivity contribution in [3.63, 3.8) is 0 Å². The van der Waals surface area contributed by atoms with Crippen LogP contribution in [-0.2, 0) is 0 Å². The van der Waals surface area contributed by atoms with Gasteiger partial charge in [-0.25, -0.2) is 9.67 Å². The van der Waals surface area contributed by atoms with Crippen molar-refractivity contribution < 1.29 is 4.79 Å². The van der Waals surface area contributed by atoms with Gasteiger partial charge in [0.1, 0.15) is 0 Å². The lowest BCUT2D eigenvalue weighted by molar-refractivity contribution is 0.0985. The van der Waals surface area contributed by atoms with E-state index in [1.54, 1.807) is 29.3 Å². The SMILES string of the molecule is CC(C)(C)N1CCN(C(=O)c2cccnc2-n2cccn2)c2ccccc21. The number of rotatable bonds is 2. The molecule has 0 radical (unpaired) electrons. The molecule has 1 aliphatic rings. The predicted octanol–water partition coefficient (Wildman–Crippen LogP) is 3.53. The van der Waals surface area contributed by atoms with Gasteiger partial charge >= 0.3 is 0 Å². The van der Waals surface area contributed by atoms with Crippen molar-refractivity contribution in [3.05, 3.63) is 66.6 Å². The maximum absolute atomic E-state index is 13.5. The number of carbonyl (C=O) groups is 1. The van der Waals surface area contributed by atoms with E-state index in [-0.39, 0.29) is 11.4 Å². The van der Waals surface area contributed by atoms with Crippen LogP contribution in [0.2, 0.25) is 0 Å². The minimum Gasteiger partial charge on any atom is -0.363 e. The molecule has 3 aromatic rings. The minimum atomic E-state index is -0.0605. The molecule has 4 rings (SSSR count). The minimum absolute atomic E-state index is 0.0141. The average Bonchev–Trinajstić information content (AvgIpc) is 3.20. The molecule has 1 aliphatic heterocycles. The fourth-order valence-electron chi connectivity index (χ4n) is 3.56. The molecule has 27 heavy (non-hydrogen) atoms. The Kier molecular flexibility index (Phi) is 4.18. The monoisotopic (exact) mass is 361 g/mol. The van der Waals surface area contributed by atoms with Crippen molar-refractivity contribution in [2.24, 2.45) is 0 Å². The second-order valence-corrected chi connectivity index (χ2v) is 7.59. The number of carbonyl (C=O) groups excluding carboxylic acids is 1. The van der Waals surface area contributed by atoms with E-state index < -0.39 is 0 Å². The van der Waals surface area contributed by atoms with Crippen molar-refractivity contribution in [2.75, 3.05) is 22.9 Å². The van der Waals surface area contributed by atoms with Crippen LogP contribution in [0.25, 0.3) is 5.82 Å². The quantitative estimate of drug-likeness (QED) is 0.701. The summed E-state index contributed by atoms with van der Waals surface area (Å²) >= 11 is 0. The van der Waals surface area contributed by atoms with Crippen LogP contribution < -0.4 is 9.80 Å². The first-order valence-electron chi connectivity index (χ1n) is 9.10. The zero-order chi connectivity index (χ0) is 19.0. The lowest BCUT2D eigenvalue weighted by Crippen LogP contribution is -2.51. The van der Waals surface area contributed by atoms with Crippen LogP contribution in [-0.4, -0.2) is 39.3 Å². The van der Waals surface area contributed by atoms with Crippen molar-refractivity contribution in [1.82, 2.24) is 14.8 Å². The van der Waals surface area contributed by atoms with Gasteiger partial charge in [-0.2, -0.15) is 5.10 Å². The fraction of sp³-hybridized carbons (Fsp3) is 0.286. The third-order valence-corrected chi connectivity index (χ3v) is 4.80. The molecule has 0 N–H and O–H groups in total. The van der Waals surface area contributed by atoms with E-state index in [0.29, 0.717) is 17.9 Å². The fourth-order valence-corrected chi connectivity index (χ4v) is 3.56. The molecule has 2 aromatic heterocycles. The maximum Gasteiger partial charge on any atom is 0.262 e. The molecule has 0 unspecified atom stereocenters. The Labute approximate surface area is 159 Å². The summed E-state index contributed by atoms with van der Waals surface area (Å²) in [6.07, 6.45) is 5.16. The lowest BCUT2D eigenvalue weighted by atomic mass is 10.0. The number of aromatic nitrogens is 3. The van der Waals surface area contributed by atoms with Crippen LogP contribution >= 0.6 is 0 Å². The van der Waals surface area contributed by atoms with Crippen molar-refractivity contribution in [2.45, 2.75) is 26.3 Å². The predicted molar refractivity (Wildman–Crippen MR) is 107 cm³/mol. The second kappa shape index (κ2) is 6.54. The molecule has 6 nitrogen and oxygen atoms in total. The molecule has 1 aromatic carbocycles. The third kappa shape index (κ3) is 3.07. The number of nitrogens with zero attached hydrogens (tertiary/aromatic N) is 5. The summed E-state index contributed by atoms with van der Waals surface area (Å²) in [6, 6.07) is 13.5. The summed E-state index contributed by atoms with van der Waals surface area (Å²) in [7, 11) is 0. The van der Waals surface area contributed by atoms with Crippen LogP contribution in [0.1, 0.15) is 31.1 Å². The molecule has 3 heterocycles. The first kappa shape index (κ1) is 17.3. The van der Waals surface area contributed by atoms with E-state index in [1.165, 1.54) is 0 Å². The normalized spacial score (nSPS) is 14.2. The smallest absolute Gasteiger partial charge is 0.262 e. The van der Waals surface area contributed by atoms with E-state index >= 15 is 0 Å². The van der Waals surface area contributed by atoms with Gasteiger partial charge in [0, 0.05) is 37.2 Å². The van der Waals surface area contributed by atoms with Crippen LogP contribution in [0.3, 0.4) is 0 Å². The Morgan fingerprint density at radius 2 is 1.74 bits per heavy atom. The first-order chi connectivity index (χ1) is 13.0. The number of hydrogen-bond acceptors (Lipinski definition) is 4. The van der Waals surface area contributed by atoms with Crippen LogP contribution in [0, 0.1) is 0 Å². The molecule has 0 spiro atoms. The molecular weight excluding hydrogens is 338 g/mol. The number of hydrogen-bond donors (Lipinski definition) is 0. The first-order valence-corrected chi connectivity index (χ1v) is 9.10. The largest absolute Gasteiger partial charge is 0.363 e. The highest BCUT2D eigenvalue weighted by Crippen LogP contribution is 2.37. The number of anilines is 2. The molecule has 0 atom stereocenters. The molecule has 0 aliphatic carbocycles. The van der Waals surface area contributed by atoms with Gasteiger partial charge in [0.15, 0.2) is 5.82 Å². The van der Waals surface area contributed by atoms with Gasteiger partial charge in [0.2, 0.25) is 0 Å². The molecule has 0 saturated heterocycles. The van der Waals surface area contributed by atoms with Crippen LogP contribution in [0.5, 0.6) is 0 Å². The van der Waals surface area contributed by atoms with Gasteiger partial charge < -0.3 is 9.80 Å². The average molecular weight is 361 g/mol. The number of para-hydroxylation sites is 2. The lowest BCUT2D eigenvalue weighted by Gasteiger charge is -2.45. The van der Waals surface area contributed by atoms with Crippen LogP contribution in [0.15, 0.2) is 61.1 Å². The number of amides is 1. The molecule has 0 saturated carbocycles. The summed E-state index contributed by atoms with van der Waals surface area (Å²) in [4.78, 5) is 22.1. The molecule has 0 fully saturated rings. The highest BCUT2D eigenvalue weighted by molar-refractivity contribution is 6.10. The Hall–Kier alpha value is -3.15. The highest BCUT2D eigenvalue weighted by Gasteiger charge is 2.33. The Morgan fingerprint density at radius 3 is 2.44 bits per heavy atom. The Balaban J connectivity index is 1.76. The number of pyridine rings is 1. The standard InChI is InChI=1S/C21H23N5O/c1-21(2,3)25-15-14-24(17-9-4-5-10-18(17)25)20(27)16-8-6-11-22-19(16)26-13-7-12-23-26/h4-13H,14-15H2,1-3H3. The zero-order valence-electron chi connectivity index (χ0n) is 15.8. The van der Waals surface area contributed by atoms with Gasteiger partial charge in [0.05, 0.1) is 16.9 Å². The summed E-state index contributed by atoms with van der Waals surface area (Å²) < 4.78 is 1.63. The zero-order valence-corrected chi connectivity index (χ0v) is 15.8. The highest BCUT2D eigenvalue weighted by atomic mass is 16.2. The number of benzene rings is 1. The van der Waals surface area contributed by atoms with Gasteiger partial charge in [-0.05, 0) is 51.1 Å². The topological polar surface area (TPSA) is 54.3 Å². The summed E-state index contributed by atoms with van der Waals surface area (Å²) in [6.45, 7) is 7.98. The Bertz CT molecular complexity index is 959. The Morgan fingerprint density at radius 1 is 0.963 bits per heavy atom. The van der Waals surface area contributed by atoms with Crippen molar-refractivity contribution in [1.29, 1.82) is 0 Å². The van der Waals surface area contributed by atoms with E-state index in [0.717, 1.165) is 17.9 Å². The maximum atomic E-state index is 13.5. The van der Waals surface area contributed by atoms with Gasteiger partial charge in [-0.15, -0.1) is 0 Å². The second-order valence-electron chi connectivity index (χ2n) is 7.59. The van der Waals surface area contributed by atoms with Crippen LogP contribution in [0.4, 0.5) is 11.4 Å². The molecule has 1 amide bonds. The molecule has 0 bridgehead atoms. The number of fused-ring (bicyclic) bond motifs is 1. The van der Waals surface area contributed by atoms with Gasteiger partial charge in [-0.3, -0.25) is 4.79 Å². The molecule has 138 valence electrons. The summed E-state index contributed by atoms with van der Waals surface area (Å²) in [5, 5.41) is 4.24. The van der Waals surface area contributed by atoms with Crippen molar-refractivity contribution >= 4 is 17.3 Å². The summed E-state index contributed by atoms with van der Waals surface area (Å²) in [5.41, 5.74) is 2.54. The van der Waals surface area contributed by atoms with E-state index in [1.807, 2.05) is 35.2 Å². The summed E-state index contributed by atoms with van der Waals surface area (Å²) in [5.74, 6) is 0.484. The van der Waals surface area contributed by atoms with Crippen molar-refractivity contribution in [3.8, 4) is 5.82 Å². The third-order valence-electron chi connectivity index (χ3n) is 4.80. The van der Waals surface area contributed by atoms with E-state index in [4.69, 9.17) is 0 Å². The van der Waals surface area contributed by atoms with Gasteiger partial charge in [0.25, 0.3) is 5.91 Å². The van der Waals surface area contributed by atoms with E-state index in [2.05, 4.69) is 41.8 Å². The molecule has 6 heteroatoms. The van der Waals surface area contributed by atoms with Gasteiger partial charge in [-0.1, -0.05) is 12.1 Å².